The SMILES string of the molecule is CCOc1ccc(C(=O)NNC(=S)Nc2ccc([N+](=O)[O-])cc2)cc1. The molecular weight excluding hydrogens is 344 g/mol. The molecule has 0 fully saturated rings. The van der Waals surface area contributed by atoms with Gasteiger partial charge in [0.25, 0.3) is 11.6 Å². The van der Waals surface area contributed by atoms with Crippen molar-refractivity contribution in [2.45, 2.75) is 6.92 Å². The number of non-ortho nitro benzene ring substituents is 1. The molecule has 0 aliphatic rings. The minimum absolute atomic E-state index is 0.0202. The second kappa shape index (κ2) is 8.60. The molecule has 2 aromatic rings. The van der Waals surface area contributed by atoms with Crippen LogP contribution in [0.25, 0.3) is 0 Å². The van der Waals surface area contributed by atoms with Crippen LogP contribution in [0.4, 0.5) is 11.4 Å². The maximum atomic E-state index is 12.0. The summed E-state index contributed by atoms with van der Waals surface area (Å²) in [6, 6.07) is 12.4. The highest BCUT2D eigenvalue weighted by Crippen LogP contribution is 2.15. The molecule has 0 saturated carbocycles. The molecule has 25 heavy (non-hydrogen) atoms. The highest BCUT2D eigenvalue weighted by Gasteiger charge is 2.07. The number of carbonyl (C=O) groups excluding carboxylic acids is 1. The van der Waals surface area contributed by atoms with Crippen LogP contribution in [0.15, 0.2) is 48.5 Å². The van der Waals surface area contributed by atoms with Gasteiger partial charge in [-0.3, -0.25) is 25.8 Å². The van der Waals surface area contributed by atoms with Crippen molar-refractivity contribution in [1.82, 2.24) is 10.9 Å². The number of ether oxygens (including phenoxy) is 1. The quantitative estimate of drug-likeness (QED) is 0.427. The fourth-order valence-corrected chi connectivity index (χ4v) is 2.05. The number of nitrogens with zero attached hydrogens (tertiary/aromatic N) is 1. The molecule has 0 spiro atoms. The maximum Gasteiger partial charge on any atom is 0.269 e. The Morgan fingerprint density at radius 2 is 1.76 bits per heavy atom. The van der Waals surface area contributed by atoms with Crippen LogP contribution < -0.4 is 20.9 Å². The third-order valence-electron chi connectivity index (χ3n) is 3.05. The van der Waals surface area contributed by atoms with E-state index in [1.54, 1.807) is 24.3 Å². The van der Waals surface area contributed by atoms with Gasteiger partial charge in [-0.2, -0.15) is 0 Å². The van der Waals surface area contributed by atoms with Gasteiger partial charge in [0.05, 0.1) is 11.5 Å². The van der Waals surface area contributed by atoms with E-state index in [1.165, 1.54) is 24.3 Å². The standard InChI is InChI=1S/C16H16N4O4S/c1-2-24-14-9-3-11(4-10-14)15(21)18-19-16(25)17-12-5-7-13(8-6-12)20(22)23/h3-10H,2H2,1H3,(H,18,21)(H2,17,19,25). The van der Waals surface area contributed by atoms with Gasteiger partial charge >= 0.3 is 0 Å². The number of rotatable bonds is 5. The monoisotopic (exact) mass is 360 g/mol. The molecule has 2 rings (SSSR count). The number of hydrazine groups is 1. The summed E-state index contributed by atoms with van der Waals surface area (Å²) in [5.41, 5.74) is 5.99. The van der Waals surface area contributed by atoms with E-state index >= 15 is 0 Å². The van der Waals surface area contributed by atoms with Crippen molar-refractivity contribution in [2.24, 2.45) is 0 Å². The molecule has 1 amide bonds. The Bertz CT molecular complexity index is 763. The summed E-state index contributed by atoms with van der Waals surface area (Å²) in [7, 11) is 0. The summed E-state index contributed by atoms with van der Waals surface area (Å²) in [6.45, 7) is 2.43. The van der Waals surface area contributed by atoms with Crippen molar-refractivity contribution < 1.29 is 14.5 Å². The van der Waals surface area contributed by atoms with E-state index in [4.69, 9.17) is 17.0 Å². The zero-order valence-electron chi connectivity index (χ0n) is 13.3. The van der Waals surface area contributed by atoms with Crippen LogP contribution in [0.2, 0.25) is 0 Å². The predicted octanol–water partition coefficient (Wildman–Crippen LogP) is 2.62. The number of anilines is 1. The molecule has 0 aromatic heterocycles. The number of hydrogen-bond donors (Lipinski definition) is 3. The lowest BCUT2D eigenvalue weighted by Gasteiger charge is -2.11. The average molecular weight is 360 g/mol. The largest absolute Gasteiger partial charge is 0.494 e. The van der Waals surface area contributed by atoms with E-state index in [-0.39, 0.29) is 16.7 Å². The second-order valence-corrected chi connectivity index (χ2v) is 5.20. The fraction of sp³-hybridized carbons (Fsp3) is 0.125. The molecule has 0 heterocycles. The third kappa shape index (κ3) is 5.43. The molecule has 130 valence electrons. The highest BCUT2D eigenvalue weighted by atomic mass is 32.1. The molecule has 0 aliphatic carbocycles. The van der Waals surface area contributed by atoms with E-state index in [0.717, 1.165) is 0 Å². The Labute approximate surface area is 149 Å². The van der Waals surface area contributed by atoms with Gasteiger partial charge in [-0.1, -0.05) is 0 Å². The summed E-state index contributed by atoms with van der Waals surface area (Å²) < 4.78 is 5.31. The van der Waals surface area contributed by atoms with Gasteiger partial charge in [-0.25, -0.2) is 0 Å². The number of nitrogens with one attached hydrogen (secondary N) is 3. The molecular formula is C16H16N4O4S. The molecule has 9 heteroatoms. The summed E-state index contributed by atoms with van der Waals surface area (Å²) >= 11 is 5.05. The number of amides is 1. The number of benzene rings is 2. The van der Waals surface area contributed by atoms with Crippen LogP contribution in [-0.2, 0) is 0 Å². The smallest absolute Gasteiger partial charge is 0.269 e. The summed E-state index contributed by atoms with van der Waals surface area (Å²) in [6.07, 6.45) is 0. The van der Waals surface area contributed by atoms with E-state index < -0.39 is 4.92 Å². The van der Waals surface area contributed by atoms with E-state index in [0.29, 0.717) is 23.6 Å². The van der Waals surface area contributed by atoms with Gasteiger partial charge < -0.3 is 10.1 Å². The van der Waals surface area contributed by atoms with Crippen LogP contribution >= 0.6 is 12.2 Å². The van der Waals surface area contributed by atoms with Crippen molar-refractivity contribution in [3.05, 3.63) is 64.2 Å². The molecule has 3 N–H and O–H groups in total. The Morgan fingerprint density at radius 1 is 1.12 bits per heavy atom. The maximum absolute atomic E-state index is 12.0. The van der Waals surface area contributed by atoms with Crippen molar-refractivity contribution in [1.29, 1.82) is 0 Å². The Morgan fingerprint density at radius 3 is 2.32 bits per heavy atom. The van der Waals surface area contributed by atoms with E-state index in [1.807, 2.05) is 6.92 Å². The lowest BCUT2D eigenvalue weighted by molar-refractivity contribution is -0.384. The number of thiocarbonyl (C=S) groups is 1. The summed E-state index contributed by atoms with van der Waals surface area (Å²) in [5.74, 6) is 0.318. The van der Waals surface area contributed by atoms with Crippen LogP contribution in [0, 0.1) is 10.1 Å². The lowest BCUT2D eigenvalue weighted by atomic mass is 10.2. The zero-order chi connectivity index (χ0) is 18.2. The Kier molecular flexibility index (Phi) is 6.24. The van der Waals surface area contributed by atoms with Gasteiger partial charge in [-0.15, -0.1) is 0 Å². The first kappa shape index (κ1) is 18.1. The van der Waals surface area contributed by atoms with Crippen LogP contribution in [0.3, 0.4) is 0 Å². The summed E-state index contributed by atoms with van der Waals surface area (Å²) in [5, 5.41) is 13.5. The van der Waals surface area contributed by atoms with Gasteiger partial charge in [0, 0.05) is 23.4 Å². The van der Waals surface area contributed by atoms with Crippen LogP contribution in [0.5, 0.6) is 5.75 Å². The van der Waals surface area contributed by atoms with E-state index in [9.17, 15) is 14.9 Å². The van der Waals surface area contributed by atoms with E-state index in [2.05, 4.69) is 16.2 Å². The molecule has 2 aromatic carbocycles. The molecule has 0 unspecified atom stereocenters. The van der Waals surface area contributed by atoms with Gasteiger partial charge in [0.15, 0.2) is 5.11 Å². The average Bonchev–Trinajstić information content (AvgIpc) is 2.61. The van der Waals surface area contributed by atoms with Gasteiger partial charge in [0.1, 0.15) is 5.75 Å². The van der Waals surface area contributed by atoms with Crippen molar-refractivity contribution in [3.8, 4) is 5.75 Å². The lowest BCUT2D eigenvalue weighted by Crippen LogP contribution is -2.43. The molecule has 0 bridgehead atoms. The fourth-order valence-electron chi connectivity index (χ4n) is 1.88. The van der Waals surface area contributed by atoms with Crippen molar-refractivity contribution in [3.63, 3.8) is 0 Å². The summed E-state index contributed by atoms with van der Waals surface area (Å²) in [4.78, 5) is 22.1. The first-order chi connectivity index (χ1) is 12.0. The minimum Gasteiger partial charge on any atom is -0.494 e. The topological polar surface area (TPSA) is 106 Å². The number of hydrogen-bond acceptors (Lipinski definition) is 5. The first-order valence-corrected chi connectivity index (χ1v) is 7.75. The van der Waals surface area contributed by atoms with Crippen LogP contribution in [-0.4, -0.2) is 22.5 Å². The Balaban J connectivity index is 1.84. The molecule has 0 atom stereocenters. The molecule has 0 saturated heterocycles. The van der Waals surface area contributed by atoms with Gasteiger partial charge in [0.2, 0.25) is 0 Å². The van der Waals surface area contributed by atoms with Crippen molar-refractivity contribution in [2.75, 3.05) is 11.9 Å². The zero-order valence-corrected chi connectivity index (χ0v) is 14.1. The number of nitro groups is 1. The van der Waals surface area contributed by atoms with Gasteiger partial charge in [-0.05, 0) is 55.5 Å². The van der Waals surface area contributed by atoms with Crippen molar-refractivity contribution >= 4 is 34.6 Å². The molecule has 0 aliphatic heterocycles. The number of nitro benzene ring substituents is 1. The third-order valence-corrected chi connectivity index (χ3v) is 3.26. The highest BCUT2D eigenvalue weighted by molar-refractivity contribution is 7.80. The second-order valence-electron chi connectivity index (χ2n) is 4.79. The molecule has 0 radical (unpaired) electrons. The number of carbonyl (C=O) groups is 1. The Hall–Kier alpha value is -3.20. The predicted molar refractivity (Wildman–Crippen MR) is 97.5 cm³/mol. The molecule has 8 nitrogen and oxygen atoms in total. The first-order valence-electron chi connectivity index (χ1n) is 7.34. The van der Waals surface area contributed by atoms with Crippen LogP contribution in [0.1, 0.15) is 17.3 Å². The normalized spacial score (nSPS) is 9.80. The minimum atomic E-state index is -0.489.